The fourth-order valence-corrected chi connectivity index (χ4v) is 3.86. The van der Waals surface area contributed by atoms with Gasteiger partial charge in [-0.3, -0.25) is 0 Å². The van der Waals surface area contributed by atoms with E-state index in [1.807, 2.05) is 36.4 Å². The molecule has 0 fully saturated rings. The van der Waals surface area contributed by atoms with Crippen molar-refractivity contribution in [2.45, 2.75) is 45.8 Å². The van der Waals surface area contributed by atoms with Crippen LogP contribution in [0, 0.1) is 0 Å². The highest BCUT2D eigenvalue weighted by Crippen LogP contribution is 2.28. The van der Waals surface area contributed by atoms with Crippen molar-refractivity contribution in [1.29, 1.82) is 0 Å². The minimum atomic E-state index is -0.947. The Kier molecular flexibility index (Phi) is 8.55. The topological polar surface area (TPSA) is 69.9 Å². The Balaban J connectivity index is 1.66. The predicted molar refractivity (Wildman–Crippen MR) is 129 cm³/mol. The first kappa shape index (κ1) is 24.4. The summed E-state index contributed by atoms with van der Waals surface area (Å²) in [6.45, 7) is 7.78. The lowest BCUT2D eigenvalue weighted by Gasteiger charge is -2.17. The normalized spacial score (nSPS) is 12.0. The standard InChI is InChI=1S/C27H33NO5/c1-5-32-26(27(29)30)18-20-6-10-23(11-7-20)33-17-16-28-24(19(2)3)14-15-25(28)21-8-12-22(31-4)13-9-21/h6-15,19,26H,5,16-18H2,1-4H3,(H,29,30)/t26-/m0/s1. The Hall–Kier alpha value is -3.25. The molecule has 0 aliphatic heterocycles. The first-order valence-electron chi connectivity index (χ1n) is 11.3. The molecule has 0 saturated heterocycles. The monoisotopic (exact) mass is 451 g/mol. The molecule has 3 aromatic rings. The van der Waals surface area contributed by atoms with Gasteiger partial charge in [-0.1, -0.05) is 26.0 Å². The SMILES string of the molecule is CCO[C@@H](Cc1ccc(OCCn2c(-c3ccc(OC)cc3)ccc2C(C)C)cc1)C(=O)O. The highest BCUT2D eigenvalue weighted by Gasteiger charge is 2.18. The van der Waals surface area contributed by atoms with Gasteiger partial charge < -0.3 is 23.9 Å². The van der Waals surface area contributed by atoms with Gasteiger partial charge in [0.05, 0.1) is 13.7 Å². The van der Waals surface area contributed by atoms with Crippen LogP contribution in [0.3, 0.4) is 0 Å². The van der Waals surface area contributed by atoms with Crippen LogP contribution in [-0.2, 0) is 22.5 Å². The summed E-state index contributed by atoms with van der Waals surface area (Å²) in [5, 5.41) is 9.26. The van der Waals surface area contributed by atoms with Crippen LogP contribution in [0.2, 0.25) is 0 Å². The van der Waals surface area contributed by atoms with Gasteiger partial charge in [0.2, 0.25) is 0 Å². The minimum absolute atomic E-state index is 0.329. The lowest BCUT2D eigenvalue weighted by Crippen LogP contribution is -2.26. The molecule has 0 amide bonds. The number of aliphatic carboxylic acids is 1. The van der Waals surface area contributed by atoms with Gasteiger partial charge >= 0.3 is 5.97 Å². The van der Waals surface area contributed by atoms with E-state index in [1.54, 1.807) is 14.0 Å². The van der Waals surface area contributed by atoms with Gasteiger partial charge in [-0.2, -0.15) is 0 Å². The summed E-state index contributed by atoms with van der Waals surface area (Å²) in [5.41, 5.74) is 4.44. The molecule has 1 atom stereocenters. The average Bonchev–Trinajstić information content (AvgIpc) is 3.24. The van der Waals surface area contributed by atoms with Crippen LogP contribution >= 0.6 is 0 Å². The molecule has 0 saturated carbocycles. The smallest absolute Gasteiger partial charge is 0.333 e. The zero-order chi connectivity index (χ0) is 23.8. The summed E-state index contributed by atoms with van der Waals surface area (Å²) in [4.78, 5) is 11.3. The number of carbonyl (C=O) groups is 1. The molecule has 0 spiro atoms. The summed E-state index contributed by atoms with van der Waals surface area (Å²) in [7, 11) is 1.67. The van der Waals surface area contributed by atoms with E-state index in [-0.39, 0.29) is 0 Å². The molecular formula is C27H33NO5. The van der Waals surface area contributed by atoms with Gasteiger partial charge in [0.1, 0.15) is 18.1 Å². The fourth-order valence-electron chi connectivity index (χ4n) is 3.86. The van der Waals surface area contributed by atoms with Crippen molar-refractivity contribution in [2.75, 3.05) is 20.3 Å². The van der Waals surface area contributed by atoms with Crippen LogP contribution in [0.1, 0.15) is 37.9 Å². The Morgan fingerprint density at radius 2 is 1.64 bits per heavy atom. The number of hydrogen-bond donors (Lipinski definition) is 1. The van der Waals surface area contributed by atoms with E-state index in [9.17, 15) is 9.90 Å². The number of benzene rings is 2. The van der Waals surface area contributed by atoms with E-state index in [2.05, 4.69) is 42.7 Å². The maximum atomic E-state index is 11.3. The van der Waals surface area contributed by atoms with Crippen molar-refractivity contribution in [1.82, 2.24) is 4.57 Å². The third kappa shape index (κ3) is 6.39. The van der Waals surface area contributed by atoms with Crippen molar-refractivity contribution in [3.05, 3.63) is 71.9 Å². The lowest BCUT2D eigenvalue weighted by molar-refractivity contribution is -0.149. The molecule has 176 valence electrons. The average molecular weight is 452 g/mol. The summed E-state index contributed by atoms with van der Waals surface area (Å²) in [5.74, 6) is 1.04. The number of rotatable bonds is 12. The van der Waals surface area contributed by atoms with Crippen molar-refractivity contribution in [2.24, 2.45) is 0 Å². The molecule has 0 aliphatic carbocycles. The van der Waals surface area contributed by atoms with E-state index in [0.717, 1.165) is 34.9 Å². The second kappa shape index (κ2) is 11.6. The first-order valence-corrected chi connectivity index (χ1v) is 11.3. The molecule has 33 heavy (non-hydrogen) atoms. The first-order chi connectivity index (χ1) is 15.9. The predicted octanol–water partition coefficient (Wildman–Crippen LogP) is 5.40. The van der Waals surface area contributed by atoms with Crippen molar-refractivity contribution >= 4 is 5.97 Å². The molecule has 2 aromatic carbocycles. The third-order valence-corrected chi connectivity index (χ3v) is 5.56. The second-order valence-electron chi connectivity index (χ2n) is 8.16. The Bertz CT molecular complexity index is 1020. The molecule has 1 heterocycles. The number of aromatic nitrogens is 1. The van der Waals surface area contributed by atoms with Gasteiger partial charge in [0, 0.05) is 24.4 Å². The molecule has 1 aromatic heterocycles. The summed E-state index contributed by atoms with van der Waals surface area (Å²) >= 11 is 0. The number of carboxylic acid groups (broad SMARTS) is 1. The van der Waals surface area contributed by atoms with E-state index < -0.39 is 12.1 Å². The molecule has 0 bridgehead atoms. The minimum Gasteiger partial charge on any atom is -0.497 e. The van der Waals surface area contributed by atoms with E-state index >= 15 is 0 Å². The van der Waals surface area contributed by atoms with Crippen LogP contribution in [0.15, 0.2) is 60.7 Å². The highest BCUT2D eigenvalue weighted by atomic mass is 16.5. The van der Waals surface area contributed by atoms with Gasteiger partial charge in [-0.15, -0.1) is 0 Å². The zero-order valence-corrected chi connectivity index (χ0v) is 19.8. The van der Waals surface area contributed by atoms with Gasteiger partial charge in [0.15, 0.2) is 6.10 Å². The zero-order valence-electron chi connectivity index (χ0n) is 19.8. The largest absolute Gasteiger partial charge is 0.497 e. The van der Waals surface area contributed by atoms with Crippen LogP contribution in [0.4, 0.5) is 0 Å². The fraction of sp³-hybridized carbons (Fsp3) is 0.370. The van der Waals surface area contributed by atoms with Gasteiger partial charge in [-0.25, -0.2) is 4.79 Å². The molecule has 0 radical (unpaired) electrons. The maximum Gasteiger partial charge on any atom is 0.333 e. The molecule has 3 rings (SSSR count). The summed E-state index contributed by atoms with van der Waals surface area (Å²) in [6.07, 6.45) is -0.503. The van der Waals surface area contributed by atoms with Gasteiger partial charge in [0.25, 0.3) is 0 Å². The molecule has 0 aliphatic rings. The Morgan fingerprint density at radius 1 is 0.970 bits per heavy atom. The van der Waals surface area contributed by atoms with Crippen LogP contribution in [0.25, 0.3) is 11.3 Å². The van der Waals surface area contributed by atoms with Crippen molar-refractivity contribution in [3.8, 4) is 22.8 Å². The van der Waals surface area contributed by atoms with Crippen molar-refractivity contribution in [3.63, 3.8) is 0 Å². The van der Waals surface area contributed by atoms with Gasteiger partial charge in [-0.05, 0) is 72.5 Å². The summed E-state index contributed by atoms with van der Waals surface area (Å²) < 4.78 is 18.9. The highest BCUT2D eigenvalue weighted by molar-refractivity contribution is 5.72. The number of ether oxygens (including phenoxy) is 3. The number of nitrogens with zero attached hydrogens (tertiary/aromatic N) is 1. The second-order valence-corrected chi connectivity index (χ2v) is 8.16. The van der Waals surface area contributed by atoms with E-state index in [4.69, 9.17) is 14.2 Å². The maximum absolute atomic E-state index is 11.3. The Morgan fingerprint density at radius 3 is 2.21 bits per heavy atom. The van der Waals surface area contributed by atoms with Crippen LogP contribution in [-0.4, -0.2) is 42.1 Å². The van der Waals surface area contributed by atoms with Crippen LogP contribution in [0.5, 0.6) is 11.5 Å². The van der Waals surface area contributed by atoms with Crippen LogP contribution < -0.4 is 9.47 Å². The molecule has 6 nitrogen and oxygen atoms in total. The van der Waals surface area contributed by atoms with E-state index in [1.165, 1.54) is 5.69 Å². The van der Waals surface area contributed by atoms with E-state index in [0.29, 0.717) is 25.6 Å². The number of hydrogen-bond acceptors (Lipinski definition) is 4. The molecular weight excluding hydrogens is 418 g/mol. The molecule has 1 N–H and O–H groups in total. The number of carboxylic acids is 1. The number of methoxy groups -OCH3 is 1. The molecule has 0 unspecified atom stereocenters. The third-order valence-electron chi connectivity index (χ3n) is 5.56. The Labute approximate surface area is 195 Å². The molecule has 6 heteroatoms. The lowest BCUT2D eigenvalue weighted by atomic mass is 10.1. The quantitative estimate of drug-likeness (QED) is 0.399. The van der Waals surface area contributed by atoms with Crippen molar-refractivity contribution < 1.29 is 24.1 Å². The summed E-state index contributed by atoms with van der Waals surface area (Å²) in [6, 6.07) is 20.0.